The number of furan rings is 1. The first-order chi connectivity index (χ1) is 16.7. The number of benzene rings is 2. The number of nitrogens with one attached hydrogen (secondary N) is 1. The van der Waals surface area contributed by atoms with Crippen molar-refractivity contribution in [2.45, 2.75) is 43.3 Å². The number of piperidine rings is 1. The summed E-state index contributed by atoms with van der Waals surface area (Å²) in [4.78, 5) is 15.2. The molecule has 0 atom stereocenters. The number of para-hydroxylation sites is 1. The van der Waals surface area contributed by atoms with Crippen LogP contribution in [0, 0.1) is 0 Å². The molecule has 3 heterocycles. The summed E-state index contributed by atoms with van der Waals surface area (Å²) in [5, 5.41) is 14.7. The van der Waals surface area contributed by atoms with Crippen LogP contribution in [0.25, 0.3) is 21.9 Å². The topological polar surface area (TPSA) is 85.4 Å². The number of methoxy groups -OCH3 is 1. The maximum Gasteiger partial charge on any atom is 0.234 e. The van der Waals surface area contributed by atoms with Gasteiger partial charge in [0.2, 0.25) is 11.9 Å². The standard InChI is InChI=1S/C25H27N5O3S/c1-32-22-13-18-17-7-3-4-8-20(17)33-21(18)14-19(22)26-23(31)15-34-25-28-27-24(30(25)16-9-10-16)29-11-5-2-6-12-29/h3-4,7-8,13-14,16H,2,5-6,9-12,15H2,1H3,(H,26,31). The van der Waals surface area contributed by atoms with Crippen LogP contribution in [0.1, 0.15) is 38.1 Å². The predicted octanol–water partition coefficient (Wildman–Crippen LogP) is 5.24. The summed E-state index contributed by atoms with van der Waals surface area (Å²) in [5.41, 5.74) is 2.12. The van der Waals surface area contributed by atoms with Gasteiger partial charge in [0.1, 0.15) is 16.9 Å². The van der Waals surface area contributed by atoms with Crippen molar-refractivity contribution in [2.24, 2.45) is 0 Å². The van der Waals surface area contributed by atoms with Crippen LogP contribution in [-0.4, -0.2) is 46.6 Å². The van der Waals surface area contributed by atoms with E-state index in [9.17, 15) is 4.79 Å². The van der Waals surface area contributed by atoms with Gasteiger partial charge in [0.25, 0.3) is 0 Å². The highest BCUT2D eigenvalue weighted by Gasteiger charge is 2.32. The first-order valence-corrected chi connectivity index (χ1v) is 12.8. The molecule has 2 fully saturated rings. The number of fused-ring (bicyclic) bond motifs is 3. The fourth-order valence-electron chi connectivity index (χ4n) is 4.66. The Morgan fingerprint density at radius 1 is 1.12 bits per heavy atom. The summed E-state index contributed by atoms with van der Waals surface area (Å²) in [6.07, 6.45) is 5.96. The van der Waals surface area contributed by atoms with Crippen LogP contribution in [0.5, 0.6) is 5.75 Å². The van der Waals surface area contributed by atoms with Crippen LogP contribution >= 0.6 is 11.8 Å². The Bertz CT molecular complexity index is 1350. The highest BCUT2D eigenvalue weighted by atomic mass is 32.2. The van der Waals surface area contributed by atoms with E-state index in [-0.39, 0.29) is 11.7 Å². The molecule has 4 aromatic rings. The van der Waals surface area contributed by atoms with Gasteiger partial charge in [-0.2, -0.15) is 0 Å². The zero-order valence-corrected chi connectivity index (χ0v) is 19.9. The second-order valence-corrected chi connectivity index (χ2v) is 9.86. The summed E-state index contributed by atoms with van der Waals surface area (Å²) in [6, 6.07) is 12.1. The molecule has 8 nitrogen and oxygen atoms in total. The largest absolute Gasteiger partial charge is 0.495 e. The van der Waals surface area contributed by atoms with Gasteiger partial charge in [-0.1, -0.05) is 30.0 Å². The molecule has 176 valence electrons. The van der Waals surface area contributed by atoms with E-state index in [2.05, 4.69) is 25.0 Å². The molecular formula is C25H27N5O3S. The molecule has 2 aromatic heterocycles. The smallest absolute Gasteiger partial charge is 0.234 e. The van der Waals surface area contributed by atoms with E-state index in [0.717, 1.165) is 53.4 Å². The van der Waals surface area contributed by atoms with E-state index >= 15 is 0 Å². The van der Waals surface area contributed by atoms with Gasteiger partial charge in [0, 0.05) is 36.0 Å². The van der Waals surface area contributed by atoms with Gasteiger partial charge in [-0.25, -0.2) is 0 Å². The first kappa shape index (κ1) is 21.3. The van der Waals surface area contributed by atoms with E-state index in [1.807, 2.05) is 36.4 Å². The lowest BCUT2D eigenvalue weighted by Crippen LogP contribution is -2.32. The van der Waals surface area contributed by atoms with Gasteiger partial charge in [-0.3, -0.25) is 9.36 Å². The molecule has 1 saturated heterocycles. The molecule has 0 spiro atoms. The Labute approximate surface area is 201 Å². The van der Waals surface area contributed by atoms with E-state index < -0.39 is 0 Å². The average molecular weight is 478 g/mol. The Hall–Kier alpha value is -3.20. The Morgan fingerprint density at radius 3 is 2.74 bits per heavy atom. The molecule has 0 unspecified atom stereocenters. The van der Waals surface area contributed by atoms with Crippen LogP contribution in [0.3, 0.4) is 0 Å². The number of anilines is 2. The number of hydrogen-bond donors (Lipinski definition) is 1. The van der Waals surface area contributed by atoms with Gasteiger partial charge in [-0.05, 0) is 44.2 Å². The third-order valence-electron chi connectivity index (χ3n) is 6.50. The molecule has 1 saturated carbocycles. The number of carbonyl (C=O) groups is 1. The summed E-state index contributed by atoms with van der Waals surface area (Å²) in [7, 11) is 1.61. The van der Waals surface area contributed by atoms with Crippen LogP contribution in [-0.2, 0) is 4.79 Å². The number of thioether (sulfide) groups is 1. The molecule has 1 N–H and O–H groups in total. The van der Waals surface area contributed by atoms with Gasteiger partial charge < -0.3 is 19.4 Å². The van der Waals surface area contributed by atoms with Gasteiger partial charge in [0.15, 0.2) is 5.16 Å². The van der Waals surface area contributed by atoms with Gasteiger partial charge in [0.05, 0.1) is 18.6 Å². The zero-order valence-electron chi connectivity index (χ0n) is 19.1. The fourth-order valence-corrected chi connectivity index (χ4v) is 5.46. The second kappa shape index (κ2) is 8.87. The maximum atomic E-state index is 12.9. The fraction of sp³-hybridized carbons (Fsp3) is 0.400. The SMILES string of the molecule is COc1cc2c(cc1NC(=O)CSc1nnc(N3CCCCC3)n1C1CC1)oc1ccccc12. The van der Waals surface area contributed by atoms with Crippen molar-refractivity contribution in [3.8, 4) is 5.75 Å². The lowest BCUT2D eigenvalue weighted by molar-refractivity contribution is -0.113. The molecule has 1 amide bonds. The van der Waals surface area contributed by atoms with Crippen molar-refractivity contribution in [3.05, 3.63) is 36.4 Å². The minimum atomic E-state index is -0.122. The van der Waals surface area contributed by atoms with Crippen LogP contribution < -0.4 is 15.0 Å². The zero-order chi connectivity index (χ0) is 23.1. The molecular weight excluding hydrogens is 450 g/mol. The summed E-state index contributed by atoms with van der Waals surface area (Å²) in [5.74, 6) is 1.68. The van der Waals surface area contributed by atoms with Crippen LogP contribution in [0.4, 0.5) is 11.6 Å². The van der Waals surface area contributed by atoms with Gasteiger partial charge in [-0.15, -0.1) is 10.2 Å². The molecule has 2 aliphatic rings. The number of rotatable bonds is 7. The Balaban J connectivity index is 1.19. The first-order valence-electron chi connectivity index (χ1n) is 11.8. The predicted molar refractivity (Wildman–Crippen MR) is 134 cm³/mol. The van der Waals surface area contributed by atoms with E-state index in [0.29, 0.717) is 23.1 Å². The van der Waals surface area contributed by atoms with Crippen LogP contribution in [0.15, 0.2) is 46.0 Å². The van der Waals surface area contributed by atoms with Gasteiger partial charge >= 0.3 is 0 Å². The van der Waals surface area contributed by atoms with E-state index in [1.165, 1.54) is 31.0 Å². The molecule has 1 aliphatic heterocycles. The van der Waals surface area contributed by atoms with Crippen molar-refractivity contribution < 1.29 is 13.9 Å². The Morgan fingerprint density at radius 2 is 1.94 bits per heavy atom. The summed E-state index contributed by atoms with van der Waals surface area (Å²) in [6.45, 7) is 2.06. The molecule has 0 radical (unpaired) electrons. The highest BCUT2D eigenvalue weighted by Crippen LogP contribution is 2.41. The molecule has 0 bridgehead atoms. The molecule has 1 aliphatic carbocycles. The molecule has 34 heavy (non-hydrogen) atoms. The molecule has 6 rings (SSSR count). The lowest BCUT2D eigenvalue weighted by atomic mass is 10.1. The van der Waals surface area contributed by atoms with Crippen molar-refractivity contribution >= 4 is 51.2 Å². The number of ether oxygens (including phenoxy) is 1. The Kier molecular flexibility index (Phi) is 5.57. The monoisotopic (exact) mass is 477 g/mol. The van der Waals surface area contributed by atoms with Crippen LogP contribution in [0.2, 0.25) is 0 Å². The number of aromatic nitrogens is 3. The summed E-state index contributed by atoms with van der Waals surface area (Å²) >= 11 is 1.43. The van der Waals surface area contributed by atoms with Crippen molar-refractivity contribution in [1.29, 1.82) is 0 Å². The third kappa shape index (κ3) is 3.98. The number of amides is 1. The quantitative estimate of drug-likeness (QED) is 0.364. The summed E-state index contributed by atoms with van der Waals surface area (Å²) < 4.78 is 13.8. The van der Waals surface area contributed by atoms with Crippen molar-refractivity contribution in [1.82, 2.24) is 14.8 Å². The number of hydrogen-bond acceptors (Lipinski definition) is 7. The molecule has 2 aromatic carbocycles. The van der Waals surface area contributed by atoms with E-state index in [1.54, 1.807) is 7.11 Å². The average Bonchev–Trinajstić information content (AvgIpc) is 3.51. The lowest BCUT2D eigenvalue weighted by Gasteiger charge is -2.27. The normalized spacial score (nSPS) is 16.3. The van der Waals surface area contributed by atoms with E-state index in [4.69, 9.17) is 9.15 Å². The van der Waals surface area contributed by atoms with Crippen molar-refractivity contribution in [2.75, 3.05) is 36.2 Å². The third-order valence-corrected chi connectivity index (χ3v) is 7.45. The second-order valence-electron chi connectivity index (χ2n) is 8.92. The maximum absolute atomic E-state index is 12.9. The number of carbonyl (C=O) groups excluding carboxylic acids is 1. The molecule has 9 heteroatoms. The highest BCUT2D eigenvalue weighted by molar-refractivity contribution is 7.99. The van der Waals surface area contributed by atoms with Crippen molar-refractivity contribution in [3.63, 3.8) is 0 Å². The minimum Gasteiger partial charge on any atom is -0.495 e. The minimum absolute atomic E-state index is 0.122. The number of nitrogens with zero attached hydrogens (tertiary/aromatic N) is 4.